The molecular weight excluding hydrogens is 393 g/mol. The van der Waals surface area contributed by atoms with E-state index in [1.54, 1.807) is 0 Å². The Morgan fingerprint density at radius 3 is 1.93 bits per heavy atom. The predicted octanol–water partition coefficient (Wildman–Crippen LogP) is -5.29. The first-order valence-electron chi connectivity index (χ1n) is 8.21. The Morgan fingerprint density at radius 1 is 0.852 bits per heavy atom. The molecule has 0 bridgehead atoms. The summed E-state index contributed by atoms with van der Waals surface area (Å²) in [6.45, 7) is -2.12. The number of nitrogens with zero attached hydrogens (tertiary/aromatic N) is 1. The van der Waals surface area contributed by atoms with Gasteiger partial charge in [-0.2, -0.15) is 0 Å². The Morgan fingerprint density at radius 2 is 1.44 bits per heavy atom. The van der Waals surface area contributed by atoms with Crippen LogP contribution in [0.4, 0.5) is 0 Å². The minimum atomic E-state index is -4.61. The van der Waals surface area contributed by atoms with Gasteiger partial charge in [0.15, 0.2) is 6.29 Å². The topological polar surface area (TPSA) is 221 Å². The first kappa shape index (κ1) is 23.0. The third-order valence-corrected chi connectivity index (χ3v) is 5.52. The molecule has 9 atom stereocenters. The Bertz CT molecular complexity index is 531. The maximum absolute atomic E-state index is 11.3. The molecular formula is C13H26NO12P. The van der Waals surface area contributed by atoms with Crippen LogP contribution in [-0.2, 0) is 14.0 Å². The average Bonchev–Trinajstić information content (AvgIpc) is 2.84. The van der Waals surface area contributed by atoms with Gasteiger partial charge in [0.05, 0.1) is 38.0 Å². The summed E-state index contributed by atoms with van der Waals surface area (Å²) >= 11 is 0. The summed E-state index contributed by atoms with van der Waals surface area (Å²) in [4.78, 5) is 19.4. The van der Waals surface area contributed by atoms with Gasteiger partial charge < -0.3 is 55.0 Å². The van der Waals surface area contributed by atoms with Crippen molar-refractivity contribution in [2.45, 2.75) is 55.0 Å². The molecule has 160 valence electrons. The van der Waals surface area contributed by atoms with Crippen molar-refractivity contribution in [1.82, 2.24) is 4.90 Å². The summed E-state index contributed by atoms with van der Waals surface area (Å²) in [6.07, 6.45) is -11.8. The van der Waals surface area contributed by atoms with Gasteiger partial charge in [0.25, 0.3) is 0 Å². The second-order valence-corrected chi connectivity index (χ2v) is 8.22. The molecule has 2 saturated heterocycles. The SMILES string of the molecule is O=P(O)(O)CN1[C@H](CO)[C@@H](O)[C@H](O[C@H]2O[C@H](CO)[C@@H](O)[C@H](O)[C@H]2O)[C@H]1CO. The molecule has 14 heteroatoms. The normalized spacial score (nSPS) is 44.0. The van der Waals surface area contributed by atoms with Gasteiger partial charge in [-0.05, 0) is 0 Å². The highest BCUT2D eigenvalue weighted by Crippen LogP contribution is 2.41. The molecule has 2 fully saturated rings. The van der Waals surface area contributed by atoms with Gasteiger partial charge in [0, 0.05) is 0 Å². The molecule has 0 aromatic carbocycles. The molecule has 0 amide bonds. The van der Waals surface area contributed by atoms with E-state index in [0.717, 1.165) is 4.90 Å². The van der Waals surface area contributed by atoms with Crippen LogP contribution in [0.2, 0.25) is 0 Å². The van der Waals surface area contributed by atoms with E-state index in [-0.39, 0.29) is 0 Å². The van der Waals surface area contributed by atoms with Crippen molar-refractivity contribution in [1.29, 1.82) is 0 Å². The van der Waals surface area contributed by atoms with Gasteiger partial charge in [-0.25, -0.2) is 0 Å². The van der Waals surface area contributed by atoms with Crippen LogP contribution in [0.25, 0.3) is 0 Å². The van der Waals surface area contributed by atoms with E-state index in [1.165, 1.54) is 0 Å². The van der Waals surface area contributed by atoms with Crippen LogP contribution < -0.4 is 0 Å². The lowest BCUT2D eigenvalue weighted by atomic mass is 9.99. The number of likely N-dealkylation sites (tertiary alicyclic amines) is 1. The zero-order chi connectivity index (χ0) is 20.5. The molecule has 0 aliphatic carbocycles. The zero-order valence-electron chi connectivity index (χ0n) is 14.2. The smallest absolute Gasteiger partial charge is 0.339 e. The fourth-order valence-corrected chi connectivity index (χ4v) is 4.27. The number of aliphatic hydroxyl groups is 7. The first-order chi connectivity index (χ1) is 12.6. The summed E-state index contributed by atoms with van der Waals surface area (Å²) in [6, 6.07) is -2.35. The van der Waals surface area contributed by atoms with Crippen LogP contribution in [0, 0.1) is 0 Å². The van der Waals surface area contributed by atoms with Crippen LogP contribution in [0.3, 0.4) is 0 Å². The molecule has 0 saturated carbocycles. The molecule has 9 N–H and O–H groups in total. The van der Waals surface area contributed by atoms with E-state index in [0.29, 0.717) is 0 Å². The maximum Gasteiger partial charge on any atom is 0.339 e. The second-order valence-electron chi connectivity index (χ2n) is 6.61. The van der Waals surface area contributed by atoms with Crippen LogP contribution in [0.5, 0.6) is 0 Å². The van der Waals surface area contributed by atoms with Crippen LogP contribution in [0.15, 0.2) is 0 Å². The summed E-state index contributed by atoms with van der Waals surface area (Å²) in [5, 5.41) is 68.3. The lowest BCUT2D eigenvalue weighted by Crippen LogP contribution is -2.60. The second kappa shape index (κ2) is 9.05. The van der Waals surface area contributed by atoms with Gasteiger partial charge in [0.2, 0.25) is 0 Å². The summed E-state index contributed by atoms with van der Waals surface area (Å²) in [7, 11) is -4.61. The van der Waals surface area contributed by atoms with Crippen molar-refractivity contribution >= 4 is 7.60 Å². The fourth-order valence-electron chi connectivity index (χ4n) is 3.43. The van der Waals surface area contributed by atoms with E-state index in [1.807, 2.05) is 0 Å². The molecule has 13 nitrogen and oxygen atoms in total. The zero-order valence-corrected chi connectivity index (χ0v) is 15.1. The molecule has 0 radical (unpaired) electrons. The highest BCUT2D eigenvalue weighted by molar-refractivity contribution is 7.51. The quantitative estimate of drug-likeness (QED) is 0.176. The van der Waals surface area contributed by atoms with Crippen molar-refractivity contribution in [2.75, 3.05) is 26.1 Å². The van der Waals surface area contributed by atoms with Crippen molar-refractivity contribution in [3.8, 4) is 0 Å². The third-order valence-electron chi connectivity index (χ3n) is 4.82. The molecule has 0 aromatic rings. The minimum Gasteiger partial charge on any atom is -0.395 e. The molecule has 2 aliphatic heterocycles. The first-order valence-corrected chi connectivity index (χ1v) is 10.0. The lowest BCUT2D eigenvalue weighted by Gasteiger charge is -2.41. The van der Waals surface area contributed by atoms with Crippen molar-refractivity contribution < 1.29 is 59.6 Å². The molecule has 0 aromatic heterocycles. The van der Waals surface area contributed by atoms with Gasteiger partial charge in [-0.3, -0.25) is 9.46 Å². The van der Waals surface area contributed by atoms with Crippen LogP contribution >= 0.6 is 7.60 Å². The monoisotopic (exact) mass is 419 g/mol. The predicted molar refractivity (Wildman–Crippen MR) is 85.1 cm³/mol. The molecule has 2 rings (SSSR count). The van der Waals surface area contributed by atoms with Crippen molar-refractivity contribution in [3.63, 3.8) is 0 Å². The highest BCUT2D eigenvalue weighted by Gasteiger charge is 2.53. The summed E-state index contributed by atoms with van der Waals surface area (Å²) in [5.74, 6) is 0. The summed E-state index contributed by atoms with van der Waals surface area (Å²) < 4.78 is 22.0. The Labute approximate surface area is 154 Å². The van der Waals surface area contributed by atoms with Crippen LogP contribution in [0.1, 0.15) is 0 Å². The largest absolute Gasteiger partial charge is 0.395 e. The molecule has 2 heterocycles. The van der Waals surface area contributed by atoms with Gasteiger partial charge >= 0.3 is 7.60 Å². The summed E-state index contributed by atoms with van der Waals surface area (Å²) in [5.41, 5.74) is 0. The molecule has 0 spiro atoms. The number of rotatable bonds is 7. The Kier molecular flexibility index (Phi) is 7.72. The van der Waals surface area contributed by atoms with Crippen molar-refractivity contribution in [3.05, 3.63) is 0 Å². The van der Waals surface area contributed by atoms with E-state index in [2.05, 4.69) is 0 Å². The standard InChI is InChI=1S/C13H26NO12P/c15-1-5-8(18)12(6(2-16)14(5)4-27(22,23)24)26-13-11(21)10(20)9(19)7(3-17)25-13/h5-13,15-21H,1-4H2,(H2,22,23,24)/t5-,6-,7-,8-,9-,10+,11-,12-,13-/m1/s1. The van der Waals surface area contributed by atoms with Gasteiger partial charge in [-0.15, -0.1) is 0 Å². The van der Waals surface area contributed by atoms with E-state index < -0.39 is 88.7 Å². The maximum atomic E-state index is 11.3. The third kappa shape index (κ3) is 4.85. The number of aliphatic hydroxyl groups excluding tert-OH is 7. The molecule has 0 unspecified atom stereocenters. The fraction of sp³-hybridized carbons (Fsp3) is 1.00. The molecule has 2 aliphatic rings. The van der Waals surface area contributed by atoms with E-state index in [4.69, 9.17) is 9.47 Å². The number of hydrogen-bond acceptors (Lipinski definition) is 11. The molecule has 27 heavy (non-hydrogen) atoms. The van der Waals surface area contributed by atoms with Crippen molar-refractivity contribution in [2.24, 2.45) is 0 Å². The highest BCUT2D eigenvalue weighted by atomic mass is 31.2. The Balaban J connectivity index is 2.21. The minimum absolute atomic E-state index is 0.702. The van der Waals surface area contributed by atoms with E-state index in [9.17, 15) is 50.1 Å². The average molecular weight is 419 g/mol. The number of ether oxygens (including phenoxy) is 2. The Hall–Kier alpha value is -0.250. The van der Waals surface area contributed by atoms with Crippen LogP contribution in [-0.4, -0.2) is 132 Å². The van der Waals surface area contributed by atoms with Gasteiger partial charge in [0.1, 0.15) is 36.8 Å². The van der Waals surface area contributed by atoms with Gasteiger partial charge in [-0.1, -0.05) is 0 Å². The number of hydrogen-bond donors (Lipinski definition) is 9. The lowest BCUT2D eigenvalue weighted by molar-refractivity contribution is -0.317. The van der Waals surface area contributed by atoms with E-state index >= 15 is 0 Å².